The molecule has 2 aromatic rings. The van der Waals surface area contributed by atoms with E-state index in [-0.39, 0.29) is 18.4 Å². The summed E-state index contributed by atoms with van der Waals surface area (Å²) in [6, 6.07) is 7.42. The van der Waals surface area contributed by atoms with Crippen LogP contribution in [0.1, 0.15) is 37.4 Å². The quantitative estimate of drug-likeness (QED) is 0.850. The first-order chi connectivity index (χ1) is 12.2. The fraction of sp³-hybridized carbons (Fsp3) is 0.500. The molecular formula is C18H21N3O4. The van der Waals surface area contributed by atoms with Crippen molar-refractivity contribution in [2.45, 2.75) is 38.2 Å². The molecule has 3 heterocycles. The molecular weight excluding hydrogens is 322 g/mol. The number of nitrogens with zero attached hydrogens (tertiary/aromatic N) is 3. The Kier molecular flexibility index (Phi) is 4.29. The molecule has 1 saturated heterocycles. The lowest BCUT2D eigenvalue weighted by atomic mass is 9.96. The van der Waals surface area contributed by atoms with Crippen LogP contribution in [0.4, 0.5) is 0 Å². The lowest BCUT2D eigenvalue weighted by Crippen LogP contribution is -2.48. The molecule has 1 aromatic carbocycles. The van der Waals surface area contributed by atoms with Crippen molar-refractivity contribution >= 4 is 5.91 Å². The van der Waals surface area contributed by atoms with Crippen LogP contribution in [-0.4, -0.2) is 46.7 Å². The minimum absolute atomic E-state index is 0.0206. The van der Waals surface area contributed by atoms with Gasteiger partial charge in [0.05, 0.1) is 0 Å². The number of hydrogen-bond donors (Lipinski definition) is 0. The van der Waals surface area contributed by atoms with E-state index in [1.807, 2.05) is 36.1 Å². The molecule has 1 amide bonds. The highest BCUT2D eigenvalue weighted by atomic mass is 16.6. The SMILES string of the molecule is CCc1noc(C2CCN(C(=O)[C@H]3COc4ccccc4O3)CC2)n1. The maximum absolute atomic E-state index is 12.7. The summed E-state index contributed by atoms with van der Waals surface area (Å²) in [5.41, 5.74) is 0. The molecule has 25 heavy (non-hydrogen) atoms. The lowest BCUT2D eigenvalue weighted by Gasteiger charge is -2.34. The number of piperidine rings is 1. The maximum atomic E-state index is 12.7. The lowest BCUT2D eigenvalue weighted by molar-refractivity contribution is -0.142. The fourth-order valence-corrected chi connectivity index (χ4v) is 3.27. The molecule has 0 saturated carbocycles. The fourth-order valence-electron chi connectivity index (χ4n) is 3.27. The number of aromatic nitrogens is 2. The second-order valence-corrected chi connectivity index (χ2v) is 6.37. The minimum Gasteiger partial charge on any atom is -0.485 e. The van der Waals surface area contributed by atoms with E-state index in [0.29, 0.717) is 30.5 Å². The van der Waals surface area contributed by atoms with Crippen LogP contribution in [0.5, 0.6) is 11.5 Å². The molecule has 0 radical (unpaired) electrons. The van der Waals surface area contributed by atoms with Crippen LogP contribution in [-0.2, 0) is 11.2 Å². The smallest absolute Gasteiger partial charge is 0.267 e. The van der Waals surface area contributed by atoms with Gasteiger partial charge in [0.2, 0.25) is 12.0 Å². The Morgan fingerprint density at radius 1 is 1.24 bits per heavy atom. The van der Waals surface area contributed by atoms with E-state index >= 15 is 0 Å². The van der Waals surface area contributed by atoms with Gasteiger partial charge in [-0.3, -0.25) is 4.79 Å². The van der Waals surface area contributed by atoms with Crippen LogP contribution >= 0.6 is 0 Å². The van der Waals surface area contributed by atoms with Crippen molar-refractivity contribution in [1.29, 1.82) is 0 Å². The van der Waals surface area contributed by atoms with Crippen molar-refractivity contribution in [3.63, 3.8) is 0 Å². The normalized spacial score (nSPS) is 20.5. The highest BCUT2D eigenvalue weighted by molar-refractivity contribution is 5.82. The van der Waals surface area contributed by atoms with Crippen molar-refractivity contribution < 1.29 is 18.8 Å². The number of amides is 1. The van der Waals surface area contributed by atoms with Gasteiger partial charge in [0.15, 0.2) is 17.3 Å². The van der Waals surface area contributed by atoms with Crippen molar-refractivity contribution in [1.82, 2.24) is 15.0 Å². The van der Waals surface area contributed by atoms with E-state index in [9.17, 15) is 4.79 Å². The summed E-state index contributed by atoms with van der Waals surface area (Å²) in [5, 5.41) is 3.96. The molecule has 0 bridgehead atoms. The summed E-state index contributed by atoms with van der Waals surface area (Å²) >= 11 is 0. The van der Waals surface area contributed by atoms with Crippen molar-refractivity contribution in [2.24, 2.45) is 0 Å². The molecule has 7 nitrogen and oxygen atoms in total. The van der Waals surface area contributed by atoms with E-state index in [4.69, 9.17) is 14.0 Å². The zero-order valence-electron chi connectivity index (χ0n) is 14.2. The van der Waals surface area contributed by atoms with Crippen LogP contribution in [0.2, 0.25) is 0 Å². The van der Waals surface area contributed by atoms with Crippen molar-refractivity contribution in [2.75, 3.05) is 19.7 Å². The Morgan fingerprint density at radius 3 is 2.72 bits per heavy atom. The summed E-state index contributed by atoms with van der Waals surface area (Å²) in [7, 11) is 0. The average Bonchev–Trinajstić information content (AvgIpc) is 3.16. The second kappa shape index (κ2) is 6.74. The van der Waals surface area contributed by atoms with Crippen molar-refractivity contribution in [3.8, 4) is 11.5 Å². The number of aryl methyl sites for hydroxylation is 1. The van der Waals surface area contributed by atoms with Gasteiger partial charge in [-0.2, -0.15) is 4.98 Å². The van der Waals surface area contributed by atoms with Gasteiger partial charge in [0.25, 0.3) is 5.91 Å². The summed E-state index contributed by atoms with van der Waals surface area (Å²) in [6.45, 7) is 3.57. The van der Waals surface area contributed by atoms with Gasteiger partial charge in [-0.05, 0) is 25.0 Å². The zero-order chi connectivity index (χ0) is 17.2. The summed E-state index contributed by atoms with van der Waals surface area (Å²) in [4.78, 5) is 19.0. The van der Waals surface area contributed by atoms with Gasteiger partial charge >= 0.3 is 0 Å². The molecule has 0 aliphatic carbocycles. The average molecular weight is 343 g/mol. The molecule has 7 heteroatoms. The first-order valence-corrected chi connectivity index (χ1v) is 8.74. The molecule has 1 aromatic heterocycles. The molecule has 0 spiro atoms. The van der Waals surface area contributed by atoms with E-state index in [1.54, 1.807) is 0 Å². The minimum atomic E-state index is -0.582. The molecule has 1 atom stereocenters. The number of para-hydroxylation sites is 2. The Bertz CT molecular complexity index is 752. The number of hydrogen-bond acceptors (Lipinski definition) is 6. The molecule has 2 aliphatic heterocycles. The number of ether oxygens (including phenoxy) is 2. The van der Waals surface area contributed by atoms with Gasteiger partial charge in [-0.15, -0.1) is 0 Å². The summed E-state index contributed by atoms with van der Waals surface area (Å²) in [5.74, 6) is 2.94. The highest BCUT2D eigenvalue weighted by Gasteiger charge is 2.34. The first-order valence-electron chi connectivity index (χ1n) is 8.74. The highest BCUT2D eigenvalue weighted by Crippen LogP contribution is 2.32. The molecule has 4 rings (SSSR count). The Morgan fingerprint density at radius 2 is 2.00 bits per heavy atom. The molecule has 1 fully saturated rings. The Hall–Kier alpha value is -2.57. The number of benzene rings is 1. The topological polar surface area (TPSA) is 77.7 Å². The Balaban J connectivity index is 1.35. The Labute approximate surface area is 145 Å². The van der Waals surface area contributed by atoms with E-state index in [0.717, 1.165) is 25.1 Å². The molecule has 0 N–H and O–H groups in total. The number of carbonyl (C=O) groups excluding carboxylic acids is 1. The third-order valence-corrected chi connectivity index (χ3v) is 4.74. The molecule has 0 unspecified atom stereocenters. The number of fused-ring (bicyclic) bond motifs is 1. The standard InChI is InChI=1S/C18H21N3O4/c1-2-16-19-17(25-20-16)12-7-9-21(10-8-12)18(22)15-11-23-13-5-3-4-6-14(13)24-15/h3-6,12,15H,2,7-11H2,1H3/t15-/m1/s1. The van der Waals surface area contributed by atoms with Gasteiger partial charge in [0.1, 0.15) is 6.61 Å². The van der Waals surface area contributed by atoms with Gasteiger partial charge < -0.3 is 18.9 Å². The van der Waals surface area contributed by atoms with E-state index in [2.05, 4.69) is 10.1 Å². The van der Waals surface area contributed by atoms with Crippen molar-refractivity contribution in [3.05, 3.63) is 36.0 Å². The largest absolute Gasteiger partial charge is 0.485 e. The number of carbonyl (C=O) groups is 1. The maximum Gasteiger partial charge on any atom is 0.267 e. The molecule has 132 valence electrons. The summed E-state index contributed by atoms with van der Waals surface area (Å²) < 4.78 is 16.8. The zero-order valence-corrected chi connectivity index (χ0v) is 14.2. The van der Waals surface area contributed by atoms with Gasteiger partial charge in [0, 0.05) is 25.4 Å². The first kappa shape index (κ1) is 15.9. The van der Waals surface area contributed by atoms with E-state index in [1.165, 1.54) is 0 Å². The predicted molar refractivity (Wildman–Crippen MR) is 88.6 cm³/mol. The number of rotatable bonds is 3. The van der Waals surface area contributed by atoms with Crippen LogP contribution in [0.3, 0.4) is 0 Å². The third kappa shape index (κ3) is 3.18. The summed E-state index contributed by atoms with van der Waals surface area (Å²) in [6.07, 6.45) is 1.82. The van der Waals surface area contributed by atoms with Crippen LogP contribution in [0, 0.1) is 0 Å². The van der Waals surface area contributed by atoms with E-state index < -0.39 is 6.10 Å². The van der Waals surface area contributed by atoms with Crippen LogP contribution < -0.4 is 9.47 Å². The molecule has 2 aliphatic rings. The monoisotopic (exact) mass is 343 g/mol. The van der Waals surface area contributed by atoms with Gasteiger partial charge in [-0.1, -0.05) is 24.2 Å². The number of likely N-dealkylation sites (tertiary alicyclic amines) is 1. The second-order valence-electron chi connectivity index (χ2n) is 6.37. The van der Waals surface area contributed by atoms with Crippen LogP contribution in [0.25, 0.3) is 0 Å². The van der Waals surface area contributed by atoms with Crippen LogP contribution in [0.15, 0.2) is 28.8 Å². The predicted octanol–water partition coefficient (Wildman–Crippen LogP) is 2.18. The van der Waals surface area contributed by atoms with Gasteiger partial charge in [-0.25, -0.2) is 0 Å². The third-order valence-electron chi connectivity index (χ3n) is 4.74.